The number of H-pyrrole nitrogens is 1. The molecule has 0 saturated carbocycles. The average molecular weight is 308 g/mol. The zero-order valence-electron chi connectivity index (χ0n) is 12.9. The number of hydrogen-bond donors (Lipinski definition) is 3. The number of hydrogen-bond acceptors (Lipinski definition) is 3. The lowest BCUT2D eigenvalue weighted by atomic mass is 10.1. The Balaban J connectivity index is 1.58. The Bertz CT molecular complexity index is 838. The normalized spacial score (nSPS) is 11.0. The van der Waals surface area contributed by atoms with Crippen molar-refractivity contribution in [2.75, 3.05) is 6.54 Å². The number of para-hydroxylation sites is 1. The van der Waals surface area contributed by atoms with Gasteiger partial charge in [0.1, 0.15) is 0 Å². The van der Waals surface area contributed by atoms with Crippen molar-refractivity contribution in [3.8, 4) is 0 Å². The van der Waals surface area contributed by atoms with E-state index in [2.05, 4.69) is 10.3 Å². The van der Waals surface area contributed by atoms with Crippen LogP contribution in [0.15, 0.2) is 59.4 Å². The minimum Gasteiger partial charge on any atom is -0.392 e. The molecule has 1 aromatic heterocycles. The second-order valence-corrected chi connectivity index (χ2v) is 5.61. The average Bonchev–Trinajstić information content (AvgIpc) is 2.59. The molecule has 4 heteroatoms. The first kappa shape index (κ1) is 15.5. The first-order chi connectivity index (χ1) is 11.3. The summed E-state index contributed by atoms with van der Waals surface area (Å²) in [5, 5.41) is 13.4. The highest BCUT2D eigenvalue weighted by Gasteiger charge is 2.02. The van der Waals surface area contributed by atoms with Crippen LogP contribution in [-0.4, -0.2) is 16.6 Å². The van der Waals surface area contributed by atoms with Crippen molar-refractivity contribution in [3.05, 3.63) is 81.6 Å². The van der Waals surface area contributed by atoms with E-state index in [0.717, 1.165) is 35.0 Å². The Hall–Kier alpha value is -2.43. The Morgan fingerprint density at radius 1 is 1.00 bits per heavy atom. The minimum absolute atomic E-state index is 0.0384. The molecule has 0 bridgehead atoms. The third-order valence-electron chi connectivity index (χ3n) is 3.94. The highest BCUT2D eigenvalue weighted by Crippen LogP contribution is 2.10. The molecule has 23 heavy (non-hydrogen) atoms. The zero-order valence-corrected chi connectivity index (χ0v) is 12.9. The number of aromatic nitrogens is 1. The van der Waals surface area contributed by atoms with E-state index < -0.39 is 0 Å². The molecule has 0 aliphatic rings. The third-order valence-corrected chi connectivity index (χ3v) is 3.94. The van der Waals surface area contributed by atoms with E-state index in [0.29, 0.717) is 6.54 Å². The van der Waals surface area contributed by atoms with Crippen LogP contribution < -0.4 is 10.9 Å². The number of fused-ring (bicyclic) bond motifs is 1. The highest BCUT2D eigenvalue weighted by atomic mass is 16.3. The Kier molecular flexibility index (Phi) is 4.86. The van der Waals surface area contributed by atoms with Crippen molar-refractivity contribution >= 4 is 10.9 Å². The van der Waals surface area contributed by atoms with Gasteiger partial charge in [0.2, 0.25) is 0 Å². The van der Waals surface area contributed by atoms with E-state index in [9.17, 15) is 4.79 Å². The Morgan fingerprint density at radius 3 is 2.52 bits per heavy atom. The van der Waals surface area contributed by atoms with Gasteiger partial charge in [0.15, 0.2) is 0 Å². The number of aliphatic hydroxyl groups excluding tert-OH is 1. The van der Waals surface area contributed by atoms with Crippen LogP contribution in [0.25, 0.3) is 10.9 Å². The van der Waals surface area contributed by atoms with Crippen LogP contribution in [0.1, 0.15) is 16.7 Å². The lowest BCUT2D eigenvalue weighted by Crippen LogP contribution is -2.22. The Labute approximate surface area is 134 Å². The van der Waals surface area contributed by atoms with Crippen LogP contribution in [0.4, 0.5) is 0 Å². The first-order valence-corrected chi connectivity index (χ1v) is 7.76. The fraction of sp³-hybridized carbons (Fsp3) is 0.211. The second-order valence-electron chi connectivity index (χ2n) is 5.61. The van der Waals surface area contributed by atoms with Gasteiger partial charge in [-0.15, -0.1) is 0 Å². The largest absolute Gasteiger partial charge is 0.392 e. The van der Waals surface area contributed by atoms with E-state index in [1.54, 1.807) is 0 Å². The fourth-order valence-electron chi connectivity index (χ4n) is 2.59. The van der Waals surface area contributed by atoms with Gasteiger partial charge in [0.25, 0.3) is 5.56 Å². The van der Waals surface area contributed by atoms with Gasteiger partial charge in [0.05, 0.1) is 6.61 Å². The summed E-state index contributed by atoms with van der Waals surface area (Å²) in [6, 6.07) is 17.6. The van der Waals surface area contributed by atoms with Gasteiger partial charge in [-0.3, -0.25) is 4.79 Å². The van der Waals surface area contributed by atoms with Gasteiger partial charge in [-0.25, -0.2) is 0 Å². The van der Waals surface area contributed by atoms with E-state index >= 15 is 0 Å². The summed E-state index contributed by atoms with van der Waals surface area (Å²) >= 11 is 0. The number of nitrogens with one attached hydrogen (secondary N) is 2. The van der Waals surface area contributed by atoms with Crippen molar-refractivity contribution in [1.29, 1.82) is 0 Å². The van der Waals surface area contributed by atoms with Gasteiger partial charge < -0.3 is 15.4 Å². The van der Waals surface area contributed by atoms with Gasteiger partial charge >= 0.3 is 0 Å². The van der Waals surface area contributed by atoms with Gasteiger partial charge in [-0.2, -0.15) is 0 Å². The first-order valence-electron chi connectivity index (χ1n) is 7.76. The summed E-state index contributed by atoms with van der Waals surface area (Å²) in [5.74, 6) is 0. The maximum absolute atomic E-state index is 12.0. The third kappa shape index (κ3) is 3.86. The molecule has 3 N–H and O–H groups in total. The molecular formula is C19H20N2O2. The molecule has 0 radical (unpaired) electrons. The van der Waals surface area contributed by atoms with Crippen LogP contribution in [0.2, 0.25) is 0 Å². The van der Waals surface area contributed by atoms with Crippen molar-refractivity contribution < 1.29 is 5.11 Å². The van der Waals surface area contributed by atoms with Gasteiger partial charge in [-0.1, -0.05) is 42.5 Å². The summed E-state index contributed by atoms with van der Waals surface area (Å²) in [4.78, 5) is 15.0. The van der Waals surface area contributed by atoms with Crippen molar-refractivity contribution in [2.24, 2.45) is 0 Å². The van der Waals surface area contributed by atoms with Gasteiger partial charge in [-0.05, 0) is 41.6 Å². The summed E-state index contributed by atoms with van der Waals surface area (Å²) in [6.07, 6.45) is 0.886. The zero-order chi connectivity index (χ0) is 16.1. The van der Waals surface area contributed by atoms with Crippen molar-refractivity contribution in [3.63, 3.8) is 0 Å². The SMILES string of the molecule is O=c1[nH]c2ccccc2cc1CNCCc1ccc(CO)cc1. The predicted octanol–water partition coefficient (Wildman–Crippen LogP) is 2.35. The number of rotatable bonds is 6. The molecule has 0 unspecified atom stereocenters. The van der Waals surface area contributed by atoms with Crippen LogP contribution in [-0.2, 0) is 19.6 Å². The monoisotopic (exact) mass is 308 g/mol. The molecule has 0 aliphatic carbocycles. The number of aromatic amines is 1. The maximum Gasteiger partial charge on any atom is 0.252 e. The number of benzene rings is 2. The molecule has 0 aliphatic heterocycles. The lowest BCUT2D eigenvalue weighted by molar-refractivity contribution is 0.282. The van der Waals surface area contributed by atoms with Crippen molar-refractivity contribution in [2.45, 2.75) is 19.6 Å². The van der Waals surface area contributed by atoms with Crippen LogP contribution in [0.3, 0.4) is 0 Å². The quantitative estimate of drug-likeness (QED) is 0.613. The molecule has 0 fully saturated rings. The molecule has 0 amide bonds. The molecule has 4 nitrogen and oxygen atoms in total. The summed E-state index contributed by atoms with van der Waals surface area (Å²) in [5.41, 5.74) is 3.71. The van der Waals surface area contributed by atoms with Crippen LogP contribution in [0.5, 0.6) is 0 Å². The summed E-state index contributed by atoms with van der Waals surface area (Å²) in [7, 11) is 0. The minimum atomic E-state index is -0.0384. The highest BCUT2D eigenvalue weighted by molar-refractivity contribution is 5.78. The summed E-state index contributed by atoms with van der Waals surface area (Å²) < 4.78 is 0. The smallest absolute Gasteiger partial charge is 0.252 e. The molecule has 2 aromatic carbocycles. The fourth-order valence-corrected chi connectivity index (χ4v) is 2.59. The molecule has 118 valence electrons. The molecule has 1 heterocycles. The molecule has 3 aromatic rings. The predicted molar refractivity (Wildman–Crippen MR) is 92.3 cm³/mol. The maximum atomic E-state index is 12.0. The van der Waals surface area contributed by atoms with Crippen LogP contribution >= 0.6 is 0 Å². The molecular weight excluding hydrogens is 288 g/mol. The van der Waals surface area contributed by atoms with E-state index in [1.807, 2.05) is 54.6 Å². The van der Waals surface area contributed by atoms with Crippen molar-refractivity contribution in [1.82, 2.24) is 10.3 Å². The molecule has 0 atom stereocenters. The Morgan fingerprint density at radius 2 is 1.74 bits per heavy atom. The van der Waals surface area contributed by atoms with Crippen LogP contribution in [0, 0.1) is 0 Å². The van der Waals surface area contributed by atoms with E-state index in [1.165, 1.54) is 5.56 Å². The topological polar surface area (TPSA) is 65.1 Å². The second kappa shape index (κ2) is 7.22. The molecule has 3 rings (SSSR count). The standard InChI is InChI=1S/C19H20N2O2/c22-13-15-7-5-14(6-8-15)9-10-20-12-17-11-16-3-1-2-4-18(16)21-19(17)23/h1-8,11,20,22H,9-10,12-13H2,(H,21,23). The lowest BCUT2D eigenvalue weighted by Gasteiger charge is -2.06. The summed E-state index contributed by atoms with van der Waals surface area (Å²) in [6.45, 7) is 1.42. The number of aliphatic hydroxyl groups is 1. The number of pyridine rings is 1. The molecule has 0 saturated heterocycles. The molecule has 0 spiro atoms. The van der Waals surface area contributed by atoms with E-state index in [-0.39, 0.29) is 12.2 Å². The van der Waals surface area contributed by atoms with E-state index in [4.69, 9.17) is 5.11 Å². The van der Waals surface area contributed by atoms with Gasteiger partial charge in [0, 0.05) is 17.6 Å².